The van der Waals surface area contributed by atoms with Gasteiger partial charge in [0.15, 0.2) is 0 Å². The SMILES string of the molecule is CCCCC/C=C\CCC1CC1CN(C)C(=O)C1CC1. The van der Waals surface area contributed by atoms with Crippen molar-refractivity contribution in [1.82, 2.24) is 4.90 Å². The Bertz CT molecular complexity index is 332. The average molecular weight is 277 g/mol. The van der Waals surface area contributed by atoms with E-state index in [0.717, 1.165) is 31.2 Å². The van der Waals surface area contributed by atoms with Gasteiger partial charge in [0, 0.05) is 19.5 Å². The summed E-state index contributed by atoms with van der Waals surface area (Å²) in [6.07, 6.45) is 16.1. The standard InChI is InChI=1S/C18H31NO/c1-3-4-5-6-7-8-9-10-16-13-17(16)14-19(2)18(20)15-11-12-15/h7-8,15-17H,3-6,9-14H2,1-2H3/b8-7-. The minimum Gasteiger partial charge on any atom is -0.345 e. The molecule has 0 aliphatic heterocycles. The second-order valence-electron chi connectivity index (χ2n) is 6.79. The highest BCUT2D eigenvalue weighted by atomic mass is 16.2. The Morgan fingerprint density at radius 2 is 1.90 bits per heavy atom. The molecule has 0 spiro atoms. The van der Waals surface area contributed by atoms with Crippen LogP contribution in [0.5, 0.6) is 0 Å². The van der Waals surface area contributed by atoms with E-state index in [1.54, 1.807) is 0 Å². The molecule has 0 bridgehead atoms. The number of carbonyl (C=O) groups is 1. The van der Waals surface area contributed by atoms with Crippen LogP contribution in [0.15, 0.2) is 12.2 Å². The van der Waals surface area contributed by atoms with Crippen LogP contribution in [0, 0.1) is 17.8 Å². The molecule has 0 aromatic carbocycles. The lowest BCUT2D eigenvalue weighted by Gasteiger charge is -2.16. The van der Waals surface area contributed by atoms with Crippen molar-refractivity contribution in [3.8, 4) is 0 Å². The van der Waals surface area contributed by atoms with Crippen LogP contribution in [0.2, 0.25) is 0 Å². The van der Waals surface area contributed by atoms with Crippen molar-refractivity contribution in [3.05, 3.63) is 12.2 Å². The van der Waals surface area contributed by atoms with Gasteiger partial charge in [0.1, 0.15) is 0 Å². The van der Waals surface area contributed by atoms with Crippen LogP contribution < -0.4 is 0 Å². The number of amides is 1. The summed E-state index contributed by atoms with van der Waals surface area (Å²) < 4.78 is 0. The maximum atomic E-state index is 11.9. The van der Waals surface area contributed by atoms with Gasteiger partial charge in [-0.25, -0.2) is 0 Å². The summed E-state index contributed by atoms with van der Waals surface area (Å²) in [7, 11) is 1.99. The molecule has 2 aliphatic carbocycles. The van der Waals surface area contributed by atoms with E-state index >= 15 is 0 Å². The van der Waals surface area contributed by atoms with E-state index in [9.17, 15) is 4.79 Å². The predicted molar refractivity (Wildman–Crippen MR) is 84.5 cm³/mol. The quantitative estimate of drug-likeness (QED) is 0.428. The fourth-order valence-corrected chi connectivity index (χ4v) is 3.03. The second-order valence-corrected chi connectivity index (χ2v) is 6.79. The lowest BCUT2D eigenvalue weighted by Crippen LogP contribution is -2.30. The van der Waals surface area contributed by atoms with E-state index in [1.807, 2.05) is 11.9 Å². The first-order valence-electron chi connectivity index (χ1n) is 8.62. The van der Waals surface area contributed by atoms with E-state index < -0.39 is 0 Å². The van der Waals surface area contributed by atoms with Crippen LogP contribution in [-0.2, 0) is 4.79 Å². The number of unbranched alkanes of at least 4 members (excludes halogenated alkanes) is 3. The Hall–Kier alpha value is -0.790. The van der Waals surface area contributed by atoms with Crippen LogP contribution >= 0.6 is 0 Å². The highest BCUT2D eigenvalue weighted by Gasteiger charge is 2.39. The van der Waals surface area contributed by atoms with E-state index in [1.165, 1.54) is 44.9 Å². The molecule has 2 nitrogen and oxygen atoms in total. The van der Waals surface area contributed by atoms with Gasteiger partial charge in [-0.15, -0.1) is 0 Å². The zero-order chi connectivity index (χ0) is 14.4. The molecule has 0 N–H and O–H groups in total. The smallest absolute Gasteiger partial charge is 0.225 e. The molecule has 0 heterocycles. The predicted octanol–water partition coefficient (Wildman–Crippen LogP) is 4.41. The summed E-state index contributed by atoms with van der Waals surface area (Å²) in [6.45, 7) is 3.25. The number of hydrogen-bond acceptors (Lipinski definition) is 1. The Labute approximate surface area is 124 Å². The third kappa shape index (κ3) is 5.30. The third-order valence-electron chi connectivity index (χ3n) is 4.73. The molecular weight excluding hydrogens is 246 g/mol. The summed E-state index contributed by atoms with van der Waals surface area (Å²) in [5.74, 6) is 2.44. The number of nitrogens with zero attached hydrogens (tertiary/aromatic N) is 1. The second kappa shape index (κ2) is 7.85. The van der Waals surface area contributed by atoms with Crippen molar-refractivity contribution < 1.29 is 4.79 Å². The van der Waals surface area contributed by atoms with Gasteiger partial charge in [0.25, 0.3) is 0 Å². The van der Waals surface area contributed by atoms with Crippen LogP contribution in [0.4, 0.5) is 0 Å². The molecule has 0 aromatic heterocycles. The first-order valence-corrected chi connectivity index (χ1v) is 8.62. The van der Waals surface area contributed by atoms with Gasteiger partial charge in [-0.05, 0) is 56.8 Å². The maximum absolute atomic E-state index is 11.9. The molecule has 0 aromatic rings. The third-order valence-corrected chi connectivity index (χ3v) is 4.73. The van der Waals surface area contributed by atoms with Gasteiger partial charge < -0.3 is 4.90 Å². The number of rotatable bonds is 10. The zero-order valence-electron chi connectivity index (χ0n) is 13.3. The fraction of sp³-hybridized carbons (Fsp3) is 0.833. The van der Waals surface area contributed by atoms with Crippen LogP contribution in [0.3, 0.4) is 0 Å². The van der Waals surface area contributed by atoms with Crippen LogP contribution in [0.1, 0.15) is 64.7 Å². The van der Waals surface area contributed by atoms with Gasteiger partial charge in [0.05, 0.1) is 0 Å². The van der Waals surface area contributed by atoms with Gasteiger partial charge >= 0.3 is 0 Å². The zero-order valence-corrected chi connectivity index (χ0v) is 13.3. The van der Waals surface area contributed by atoms with Gasteiger partial charge in [-0.1, -0.05) is 31.9 Å². The molecule has 2 rings (SSSR count). The number of allylic oxidation sites excluding steroid dienone is 2. The molecule has 2 fully saturated rings. The molecule has 2 unspecified atom stereocenters. The first kappa shape index (κ1) is 15.6. The molecule has 0 radical (unpaired) electrons. The monoisotopic (exact) mass is 277 g/mol. The maximum Gasteiger partial charge on any atom is 0.225 e. The minimum atomic E-state index is 0.378. The fourth-order valence-electron chi connectivity index (χ4n) is 3.03. The van der Waals surface area contributed by atoms with Crippen molar-refractivity contribution in [2.24, 2.45) is 17.8 Å². The van der Waals surface area contributed by atoms with Crippen molar-refractivity contribution in [1.29, 1.82) is 0 Å². The van der Waals surface area contributed by atoms with Gasteiger partial charge in [-0.3, -0.25) is 4.79 Å². The Balaban J connectivity index is 1.49. The summed E-state index contributed by atoms with van der Waals surface area (Å²) in [5.41, 5.74) is 0. The van der Waals surface area contributed by atoms with Crippen LogP contribution in [0.25, 0.3) is 0 Å². The molecular formula is C18H31NO. The van der Waals surface area contributed by atoms with E-state index in [4.69, 9.17) is 0 Å². The molecule has 2 aliphatic rings. The average Bonchev–Trinajstić information content (AvgIpc) is 3.32. The first-order chi connectivity index (χ1) is 9.72. The Morgan fingerprint density at radius 1 is 1.15 bits per heavy atom. The molecule has 2 saturated carbocycles. The van der Waals surface area contributed by atoms with Crippen molar-refractivity contribution >= 4 is 5.91 Å². The highest BCUT2D eigenvalue weighted by Crippen LogP contribution is 2.43. The highest BCUT2D eigenvalue weighted by molar-refractivity contribution is 5.80. The molecule has 20 heavy (non-hydrogen) atoms. The lowest BCUT2D eigenvalue weighted by molar-refractivity contribution is -0.131. The van der Waals surface area contributed by atoms with Gasteiger partial charge in [0.2, 0.25) is 5.91 Å². The van der Waals surface area contributed by atoms with E-state index in [-0.39, 0.29) is 0 Å². The minimum absolute atomic E-state index is 0.378. The molecule has 1 amide bonds. The van der Waals surface area contributed by atoms with Crippen molar-refractivity contribution in [3.63, 3.8) is 0 Å². The van der Waals surface area contributed by atoms with Crippen molar-refractivity contribution in [2.45, 2.75) is 64.7 Å². The largest absolute Gasteiger partial charge is 0.345 e. The number of carbonyl (C=O) groups excluding carboxylic acids is 1. The van der Waals surface area contributed by atoms with Crippen molar-refractivity contribution in [2.75, 3.05) is 13.6 Å². The van der Waals surface area contributed by atoms with Gasteiger partial charge in [-0.2, -0.15) is 0 Å². The molecule has 2 atom stereocenters. The Kier molecular flexibility index (Phi) is 6.12. The normalized spacial score (nSPS) is 25.1. The van der Waals surface area contributed by atoms with E-state index in [0.29, 0.717) is 11.8 Å². The summed E-state index contributed by atoms with van der Waals surface area (Å²) >= 11 is 0. The topological polar surface area (TPSA) is 20.3 Å². The molecule has 2 heteroatoms. The molecule has 0 saturated heterocycles. The van der Waals surface area contributed by atoms with Crippen LogP contribution in [-0.4, -0.2) is 24.4 Å². The number of hydrogen-bond donors (Lipinski definition) is 0. The Morgan fingerprint density at radius 3 is 2.60 bits per heavy atom. The summed E-state index contributed by atoms with van der Waals surface area (Å²) in [4.78, 5) is 13.9. The summed E-state index contributed by atoms with van der Waals surface area (Å²) in [6, 6.07) is 0. The molecule has 114 valence electrons. The van der Waals surface area contributed by atoms with E-state index in [2.05, 4.69) is 19.1 Å². The lowest BCUT2D eigenvalue weighted by atomic mass is 10.1. The summed E-state index contributed by atoms with van der Waals surface area (Å²) in [5, 5.41) is 0.